The van der Waals surface area contributed by atoms with E-state index in [4.69, 9.17) is 11.6 Å². The van der Waals surface area contributed by atoms with E-state index in [0.717, 1.165) is 23.1 Å². The van der Waals surface area contributed by atoms with Gasteiger partial charge in [0.15, 0.2) is 0 Å². The molecule has 2 aromatic rings. The molecular weight excluding hydrogens is 392 g/mol. The van der Waals surface area contributed by atoms with Gasteiger partial charge in [0.25, 0.3) is 5.91 Å². The Bertz CT molecular complexity index is 746. The van der Waals surface area contributed by atoms with Crippen LogP contribution in [0.4, 0.5) is 0 Å². The van der Waals surface area contributed by atoms with E-state index in [2.05, 4.69) is 20.8 Å². The standard InChI is InChI=1S/C18H18BrClN2O2/c19-15-4-5-17(23)14(10-15)12-21-6-8-22(9-7-21)18(24)13-2-1-3-16(20)11-13/h1-5,10-11,23H,6-9,12H2. The molecular formula is C18H18BrClN2O2. The van der Waals surface area contributed by atoms with Crippen molar-refractivity contribution in [3.05, 3.63) is 63.1 Å². The molecule has 126 valence electrons. The van der Waals surface area contributed by atoms with Crippen LogP contribution in [-0.2, 0) is 6.54 Å². The minimum atomic E-state index is 0.0162. The molecule has 3 rings (SSSR count). The maximum absolute atomic E-state index is 12.5. The summed E-state index contributed by atoms with van der Waals surface area (Å²) in [5.41, 5.74) is 1.51. The van der Waals surface area contributed by atoms with Crippen LogP contribution in [-0.4, -0.2) is 47.0 Å². The first-order valence-corrected chi connectivity index (χ1v) is 8.94. The summed E-state index contributed by atoms with van der Waals surface area (Å²) in [5, 5.41) is 10.5. The van der Waals surface area contributed by atoms with Crippen LogP contribution in [0, 0.1) is 0 Å². The van der Waals surface area contributed by atoms with Crippen LogP contribution in [0.3, 0.4) is 0 Å². The molecule has 1 saturated heterocycles. The second kappa shape index (κ2) is 7.55. The molecule has 0 aliphatic carbocycles. The summed E-state index contributed by atoms with van der Waals surface area (Å²) in [5.74, 6) is 0.318. The maximum atomic E-state index is 12.5. The number of piperazine rings is 1. The number of amides is 1. The Morgan fingerprint density at radius 1 is 1.12 bits per heavy atom. The number of nitrogens with zero attached hydrogens (tertiary/aromatic N) is 2. The van der Waals surface area contributed by atoms with Gasteiger partial charge in [0.05, 0.1) is 0 Å². The zero-order valence-electron chi connectivity index (χ0n) is 13.1. The SMILES string of the molecule is O=C(c1cccc(Cl)c1)N1CCN(Cc2cc(Br)ccc2O)CC1. The molecule has 1 aliphatic rings. The molecule has 0 bridgehead atoms. The van der Waals surface area contributed by atoms with E-state index >= 15 is 0 Å². The lowest BCUT2D eigenvalue weighted by Crippen LogP contribution is -2.48. The van der Waals surface area contributed by atoms with Gasteiger partial charge in [0.1, 0.15) is 5.75 Å². The first kappa shape index (κ1) is 17.3. The average molecular weight is 410 g/mol. The third-order valence-electron chi connectivity index (χ3n) is 4.17. The number of halogens is 2. The monoisotopic (exact) mass is 408 g/mol. The number of carbonyl (C=O) groups is 1. The first-order valence-electron chi connectivity index (χ1n) is 7.77. The highest BCUT2D eigenvalue weighted by atomic mass is 79.9. The van der Waals surface area contributed by atoms with Gasteiger partial charge in [-0.15, -0.1) is 0 Å². The van der Waals surface area contributed by atoms with Crippen LogP contribution in [0.1, 0.15) is 15.9 Å². The van der Waals surface area contributed by atoms with E-state index in [-0.39, 0.29) is 5.91 Å². The van der Waals surface area contributed by atoms with E-state index in [1.165, 1.54) is 0 Å². The van der Waals surface area contributed by atoms with Gasteiger partial charge in [-0.3, -0.25) is 9.69 Å². The van der Waals surface area contributed by atoms with Crippen molar-refractivity contribution in [2.45, 2.75) is 6.54 Å². The molecule has 0 atom stereocenters. The molecule has 1 fully saturated rings. The predicted molar refractivity (Wildman–Crippen MR) is 98.4 cm³/mol. The van der Waals surface area contributed by atoms with Crippen LogP contribution >= 0.6 is 27.5 Å². The molecule has 1 amide bonds. The summed E-state index contributed by atoms with van der Waals surface area (Å²) >= 11 is 9.39. The van der Waals surface area contributed by atoms with Gasteiger partial charge in [-0.25, -0.2) is 0 Å². The van der Waals surface area contributed by atoms with Gasteiger partial charge in [-0.05, 0) is 36.4 Å². The van der Waals surface area contributed by atoms with Gasteiger partial charge < -0.3 is 10.0 Å². The molecule has 0 aromatic heterocycles. The highest BCUT2D eigenvalue weighted by Crippen LogP contribution is 2.24. The van der Waals surface area contributed by atoms with Crippen LogP contribution in [0.25, 0.3) is 0 Å². The fraction of sp³-hybridized carbons (Fsp3) is 0.278. The molecule has 2 aromatic carbocycles. The Labute approximate surface area is 154 Å². The second-order valence-electron chi connectivity index (χ2n) is 5.85. The molecule has 0 saturated carbocycles. The van der Waals surface area contributed by atoms with E-state index in [9.17, 15) is 9.90 Å². The smallest absolute Gasteiger partial charge is 0.253 e. The van der Waals surface area contributed by atoms with Crippen molar-refractivity contribution in [1.82, 2.24) is 9.80 Å². The number of phenols is 1. The normalized spacial score (nSPS) is 15.5. The maximum Gasteiger partial charge on any atom is 0.253 e. The number of hydrogen-bond donors (Lipinski definition) is 1. The summed E-state index contributed by atoms with van der Waals surface area (Å²) in [6.07, 6.45) is 0. The fourth-order valence-electron chi connectivity index (χ4n) is 2.83. The number of benzene rings is 2. The summed E-state index contributed by atoms with van der Waals surface area (Å²) in [7, 11) is 0. The van der Waals surface area contributed by atoms with Crippen LogP contribution in [0.5, 0.6) is 5.75 Å². The number of rotatable bonds is 3. The Morgan fingerprint density at radius 3 is 2.58 bits per heavy atom. The highest BCUT2D eigenvalue weighted by Gasteiger charge is 2.22. The lowest BCUT2D eigenvalue weighted by molar-refractivity contribution is 0.0627. The number of carbonyl (C=O) groups excluding carboxylic acids is 1. The van der Waals surface area contributed by atoms with Gasteiger partial charge in [-0.1, -0.05) is 33.6 Å². The number of aromatic hydroxyl groups is 1. The Kier molecular flexibility index (Phi) is 5.43. The number of phenolic OH excluding ortho intramolecular Hbond substituents is 1. The minimum absolute atomic E-state index is 0.0162. The Hall–Kier alpha value is -1.56. The van der Waals surface area contributed by atoms with Gasteiger partial charge >= 0.3 is 0 Å². The van der Waals surface area contributed by atoms with E-state index in [1.54, 1.807) is 30.3 Å². The van der Waals surface area contributed by atoms with Crippen LogP contribution < -0.4 is 0 Å². The lowest BCUT2D eigenvalue weighted by atomic mass is 10.1. The van der Waals surface area contributed by atoms with Crippen LogP contribution in [0.2, 0.25) is 5.02 Å². The Morgan fingerprint density at radius 2 is 1.88 bits per heavy atom. The molecule has 0 radical (unpaired) electrons. The Balaban J connectivity index is 1.59. The van der Waals surface area contributed by atoms with Crippen molar-refractivity contribution in [2.75, 3.05) is 26.2 Å². The highest BCUT2D eigenvalue weighted by molar-refractivity contribution is 9.10. The van der Waals surface area contributed by atoms with E-state index in [0.29, 0.717) is 36.0 Å². The van der Waals surface area contributed by atoms with E-state index < -0.39 is 0 Å². The van der Waals surface area contributed by atoms with E-state index in [1.807, 2.05) is 17.0 Å². The molecule has 6 heteroatoms. The third-order valence-corrected chi connectivity index (χ3v) is 4.89. The topological polar surface area (TPSA) is 43.8 Å². The largest absolute Gasteiger partial charge is 0.508 e. The molecule has 24 heavy (non-hydrogen) atoms. The van der Waals surface area contributed by atoms with Crippen molar-refractivity contribution < 1.29 is 9.90 Å². The molecule has 0 unspecified atom stereocenters. The lowest BCUT2D eigenvalue weighted by Gasteiger charge is -2.35. The minimum Gasteiger partial charge on any atom is -0.508 e. The average Bonchev–Trinajstić information content (AvgIpc) is 2.58. The molecule has 1 N–H and O–H groups in total. The van der Waals surface area contributed by atoms with Gasteiger partial charge in [0, 0.05) is 53.3 Å². The third kappa shape index (κ3) is 4.09. The number of hydrogen-bond acceptors (Lipinski definition) is 3. The molecule has 0 spiro atoms. The van der Waals surface area contributed by atoms with Gasteiger partial charge in [-0.2, -0.15) is 0 Å². The fourth-order valence-corrected chi connectivity index (χ4v) is 3.43. The summed E-state index contributed by atoms with van der Waals surface area (Å²) in [4.78, 5) is 16.6. The quantitative estimate of drug-likeness (QED) is 0.839. The van der Waals surface area contributed by atoms with Crippen LogP contribution in [0.15, 0.2) is 46.9 Å². The summed E-state index contributed by atoms with van der Waals surface area (Å²) < 4.78 is 0.949. The van der Waals surface area contributed by atoms with Crippen molar-refractivity contribution in [2.24, 2.45) is 0 Å². The molecule has 1 aliphatic heterocycles. The van der Waals surface area contributed by atoms with Crippen molar-refractivity contribution in [3.63, 3.8) is 0 Å². The molecule has 4 nitrogen and oxygen atoms in total. The van der Waals surface area contributed by atoms with Gasteiger partial charge in [0.2, 0.25) is 0 Å². The summed E-state index contributed by atoms with van der Waals surface area (Å²) in [6.45, 7) is 3.56. The predicted octanol–water partition coefficient (Wildman–Crippen LogP) is 3.77. The van der Waals surface area contributed by atoms with Crippen molar-refractivity contribution >= 4 is 33.4 Å². The zero-order chi connectivity index (χ0) is 17.1. The first-order chi connectivity index (χ1) is 11.5. The second-order valence-corrected chi connectivity index (χ2v) is 7.20. The van der Waals surface area contributed by atoms with Crippen molar-refractivity contribution in [1.29, 1.82) is 0 Å². The molecule has 1 heterocycles. The van der Waals surface area contributed by atoms with Crippen molar-refractivity contribution in [3.8, 4) is 5.75 Å². The summed E-state index contributed by atoms with van der Waals surface area (Å²) in [6, 6.07) is 12.5. The zero-order valence-corrected chi connectivity index (χ0v) is 15.4.